The molecule has 3 heteroatoms. The molecule has 0 radical (unpaired) electrons. The molecule has 0 aliphatic rings. The molecule has 0 aliphatic heterocycles. The fourth-order valence-corrected chi connectivity index (χ4v) is 3.32. The van der Waals surface area contributed by atoms with Crippen LogP contribution in [0.3, 0.4) is 0 Å². The number of nitrogens with two attached hydrogens (primary N) is 1. The molecule has 0 spiro atoms. The summed E-state index contributed by atoms with van der Waals surface area (Å²) in [6.45, 7) is 4.85. The van der Waals surface area contributed by atoms with Crippen molar-refractivity contribution in [1.82, 2.24) is 0 Å². The molecule has 0 heterocycles. The molecule has 94 valence electrons. The summed E-state index contributed by atoms with van der Waals surface area (Å²) < 4.78 is 1.08. The number of halogens is 1. The Morgan fingerprint density at radius 2 is 1.67 bits per heavy atom. The normalized spacial score (nSPS) is 10.7. The molecule has 0 fully saturated rings. The average molecular weight is 322 g/mol. The minimum Gasteiger partial charge on any atom is -0.326 e. The van der Waals surface area contributed by atoms with Crippen molar-refractivity contribution in [1.29, 1.82) is 0 Å². The summed E-state index contributed by atoms with van der Waals surface area (Å²) in [7, 11) is 0. The maximum atomic E-state index is 5.65. The Hall–Kier alpha value is -0.770. The lowest BCUT2D eigenvalue weighted by Crippen LogP contribution is -1.96. The first-order valence-electron chi connectivity index (χ1n) is 5.84. The van der Waals surface area contributed by atoms with Crippen molar-refractivity contribution >= 4 is 27.7 Å². The Morgan fingerprint density at radius 3 is 2.28 bits per heavy atom. The van der Waals surface area contributed by atoms with Crippen molar-refractivity contribution in [2.45, 2.75) is 30.2 Å². The Labute approximate surface area is 121 Å². The molecule has 2 rings (SSSR count). The second kappa shape index (κ2) is 5.91. The summed E-state index contributed by atoms with van der Waals surface area (Å²) in [6, 6.07) is 12.9. The molecule has 0 saturated heterocycles. The van der Waals surface area contributed by atoms with Gasteiger partial charge in [0.05, 0.1) is 0 Å². The van der Waals surface area contributed by atoms with Crippen LogP contribution in [0.5, 0.6) is 0 Å². The van der Waals surface area contributed by atoms with Crippen LogP contribution in [0.2, 0.25) is 0 Å². The van der Waals surface area contributed by atoms with E-state index in [4.69, 9.17) is 5.73 Å². The maximum Gasteiger partial charge on any atom is 0.0231 e. The van der Waals surface area contributed by atoms with Crippen LogP contribution in [0.4, 0.5) is 0 Å². The second-order valence-corrected chi connectivity index (χ2v) is 6.31. The van der Waals surface area contributed by atoms with Crippen LogP contribution in [0.1, 0.15) is 16.7 Å². The quantitative estimate of drug-likeness (QED) is 0.888. The molecule has 0 atom stereocenters. The first-order chi connectivity index (χ1) is 8.60. The molecule has 0 amide bonds. The number of hydrogen-bond acceptors (Lipinski definition) is 2. The zero-order chi connectivity index (χ0) is 13.1. The van der Waals surface area contributed by atoms with E-state index in [-0.39, 0.29) is 0 Å². The summed E-state index contributed by atoms with van der Waals surface area (Å²) in [5, 5.41) is 0. The van der Waals surface area contributed by atoms with Crippen molar-refractivity contribution in [3.05, 3.63) is 57.6 Å². The van der Waals surface area contributed by atoms with Gasteiger partial charge in [0.15, 0.2) is 0 Å². The van der Waals surface area contributed by atoms with E-state index in [9.17, 15) is 0 Å². The molecule has 0 aromatic heterocycles. The van der Waals surface area contributed by atoms with Crippen molar-refractivity contribution in [3.8, 4) is 0 Å². The number of hydrogen-bond donors (Lipinski definition) is 1. The van der Waals surface area contributed by atoms with E-state index in [1.54, 1.807) is 11.8 Å². The van der Waals surface area contributed by atoms with Crippen molar-refractivity contribution in [3.63, 3.8) is 0 Å². The van der Waals surface area contributed by atoms with E-state index in [1.807, 2.05) is 0 Å². The van der Waals surface area contributed by atoms with Crippen molar-refractivity contribution in [2.24, 2.45) is 5.73 Å². The Bertz CT molecular complexity index is 566. The van der Waals surface area contributed by atoms with Gasteiger partial charge in [0.25, 0.3) is 0 Å². The molecule has 0 aliphatic carbocycles. The van der Waals surface area contributed by atoms with Gasteiger partial charge in [-0.2, -0.15) is 0 Å². The lowest BCUT2D eigenvalue weighted by molar-refractivity contribution is 1.05. The molecule has 0 bridgehead atoms. The minimum atomic E-state index is 0.565. The van der Waals surface area contributed by atoms with Gasteiger partial charge in [-0.15, -0.1) is 0 Å². The van der Waals surface area contributed by atoms with E-state index in [2.05, 4.69) is 66.2 Å². The van der Waals surface area contributed by atoms with E-state index in [0.29, 0.717) is 6.54 Å². The summed E-state index contributed by atoms with van der Waals surface area (Å²) in [5.41, 5.74) is 9.45. The maximum absolute atomic E-state index is 5.65. The monoisotopic (exact) mass is 321 g/mol. The summed E-state index contributed by atoms with van der Waals surface area (Å²) in [6.07, 6.45) is 0. The molecule has 1 nitrogen and oxygen atoms in total. The molecule has 2 N–H and O–H groups in total. The van der Waals surface area contributed by atoms with Gasteiger partial charge in [0, 0.05) is 20.8 Å². The van der Waals surface area contributed by atoms with Crippen molar-refractivity contribution in [2.75, 3.05) is 0 Å². The van der Waals surface area contributed by atoms with Crippen molar-refractivity contribution < 1.29 is 0 Å². The van der Waals surface area contributed by atoms with Gasteiger partial charge in [-0.05, 0) is 54.8 Å². The number of rotatable bonds is 3. The zero-order valence-corrected chi connectivity index (χ0v) is 12.9. The lowest BCUT2D eigenvalue weighted by atomic mass is 10.1. The number of benzene rings is 2. The largest absolute Gasteiger partial charge is 0.326 e. The lowest BCUT2D eigenvalue weighted by Gasteiger charge is -2.07. The molecular formula is C15H16BrNS. The molecule has 2 aromatic carbocycles. The van der Waals surface area contributed by atoms with Gasteiger partial charge in [0.1, 0.15) is 0 Å². The summed E-state index contributed by atoms with van der Waals surface area (Å²) >= 11 is 5.33. The molecule has 0 saturated carbocycles. The smallest absolute Gasteiger partial charge is 0.0231 e. The van der Waals surface area contributed by atoms with Gasteiger partial charge < -0.3 is 5.73 Å². The van der Waals surface area contributed by atoms with Crippen LogP contribution in [0.25, 0.3) is 0 Å². The Kier molecular flexibility index (Phi) is 4.49. The van der Waals surface area contributed by atoms with E-state index in [1.165, 1.54) is 20.9 Å². The first kappa shape index (κ1) is 13.7. The van der Waals surface area contributed by atoms with E-state index in [0.717, 1.165) is 10.0 Å². The van der Waals surface area contributed by atoms with Gasteiger partial charge in [-0.3, -0.25) is 0 Å². The first-order valence-corrected chi connectivity index (χ1v) is 7.44. The number of aryl methyl sites for hydroxylation is 2. The highest BCUT2D eigenvalue weighted by Gasteiger charge is 2.03. The van der Waals surface area contributed by atoms with Crippen LogP contribution in [0.15, 0.2) is 50.7 Å². The topological polar surface area (TPSA) is 26.0 Å². The SMILES string of the molecule is Cc1ccc(Sc2ccc(CN)c(Br)c2)cc1C. The highest BCUT2D eigenvalue weighted by molar-refractivity contribution is 9.10. The fourth-order valence-electron chi connectivity index (χ4n) is 1.67. The molecule has 0 unspecified atom stereocenters. The third kappa shape index (κ3) is 3.16. The van der Waals surface area contributed by atoms with Gasteiger partial charge in [-0.25, -0.2) is 0 Å². The van der Waals surface area contributed by atoms with Crippen LogP contribution >= 0.6 is 27.7 Å². The standard InChI is InChI=1S/C15H16BrNS/c1-10-3-5-13(7-11(10)2)18-14-6-4-12(9-17)15(16)8-14/h3-8H,9,17H2,1-2H3. The predicted octanol–water partition coefficient (Wildman–Crippen LogP) is 4.68. The zero-order valence-electron chi connectivity index (χ0n) is 10.5. The van der Waals surface area contributed by atoms with Gasteiger partial charge in [0.2, 0.25) is 0 Å². The highest BCUT2D eigenvalue weighted by Crippen LogP contribution is 2.31. The second-order valence-electron chi connectivity index (χ2n) is 4.31. The molecular weight excluding hydrogens is 306 g/mol. The van der Waals surface area contributed by atoms with Crippen LogP contribution < -0.4 is 5.73 Å². The fraction of sp³-hybridized carbons (Fsp3) is 0.200. The van der Waals surface area contributed by atoms with Crippen LogP contribution in [-0.4, -0.2) is 0 Å². The Balaban J connectivity index is 2.23. The predicted molar refractivity (Wildman–Crippen MR) is 82.1 cm³/mol. The van der Waals surface area contributed by atoms with E-state index < -0.39 is 0 Å². The summed E-state index contributed by atoms with van der Waals surface area (Å²) in [4.78, 5) is 2.49. The van der Waals surface area contributed by atoms with E-state index >= 15 is 0 Å². The summed E-state index contributed by atoms with van der Waals surface area (Å²) in [5.74, 6) is 0. The van der Waals surface area contributed by atoms with Gasteiger partial charge in [-0.1, -0.05) is 39.8 Å². The highest BCUT2D eigenvalue weighted by atomic mass is 79.9. The Morgan fingerprint density at radius 1 is 1.00 bits per heavy atom. The average Bonchev–Trinajstić information content (AvgIpc) is 2.34. The third-order valence-corrected chi connectivity index (χ3v) is 4.68. The molecule has 2 aromatic rings. The van der Waals surface area contributed by atoms with Crippen LogP contribution in [-0.2, 0) is 6.54 Å². The minimum absolute atomic E-state index is 0.565. The third-order valence-electron chi connectivity index (χ3n) is 2.96. The van der Waals surface area contributed by atoms with Crippen LogP contribution in [0, 0.1) is 13.8 Å². The molecule has 18 heavy (non-hydrogen) atoms. The van der Waals surface area contributed by atoms with Gasteiger partial charge >= 0.3 is 0 Å².